The average Bonchev–Trinajstić information content (AvgIpc) is 3.45. The number of ether oxygens (including phenoxy) is 1. The molecule has 1 spiro atoms. The topological polar surface area (TPSA) is 108 Å². The van der Waals surface area contributed by atoms with Gasteiger partial charge in [-0.25, -0.2) is 0 Å². The number of hydrogen-bond acceptors (Lipinski definition) is 5. The van der Waals surface area contributed by atoms with Gasteiger partial charge in [0.05, 0.1) is 30.1 Å². The van der Waals surface area contributed by atoms with Gasteiger partial charge in [0.2, 0.25) is 17.7 Å². The van der Waals surface area contributed by atoms with E-state index in [0.29, 0.717) is 25.1 Å². The van der Waals surface area contributed by atoms with Crippen LogP contribution in [-0.4, -0.2) is 64.2 Å². The van der Waals surface area contributed by atoms with Crippen LogP contribution in [0.4, 0.5) is 5.69 Å². The van der Waals surface area contributed by atoms with Gasteiger partial charge in [-0.3, -0.25) is 14.4 Å². The van der Waals surface area contributed by atoms with Crippen molar-refractivity contribution in [3.8, 4) is 0 Å². The lowest BCUT2D eigenvalue weighted by molar-refractivity contribution is -0.149. The lowest BCUT2D eigenvalue weighted by atomic mass is 9.62. The van der Waals surface area contributed by atoms with Crippen LogP contribution in [0.25, 0.3) is 0 Å². The van der Waals surface area contributed by atoms with Crippen LogP contribution < -0.4 is 10.6 Å². The summed E-state index contributed by atoms with van der Waals surface area (Å²) in [5.74, 6) is -2.53. The van der Waals surface area contributed by atoms with Crippen LogP contribution in [0.5, 0.6) is 0 Å². The van der Waals surface area contributed by atoms with Crippen LogP contribution >= 0.6 is 0 Å². The molecule has 3 saturated heterocycles. The SMILES string of the molecule is CCCCNC(=O)C1N([C@@H](CO)Cc2ccccc2)C(=O)[C@@H]2[C@H](C(=O)Nc3ccccc3)[C@@]3(C)OC12CC3C. The number of unbranched alkanes of at least 4 members (excludes halogenated alkanes) is 1. The van der Waals surface area contributed by atoms with Gasteiger partial charge in [0.25, 0.3) is 0 Å². The Labute approximate surface area is 230 Å². The largest absolute Gasteiger partial charge is 0.394 e. The Balaban J connectivity index is 1.55. The summed E-state index contributed by atoms with van der Waals surface area (Å²) in [6.45, 7) is 6.16. The van der Waals surface area contributed by atoms with E-state index in [1.807, 2.05) is 81.4 Å². The van der Waals surface area contributed by atoms with Crippen LogP contribution in [0.3, 0.4) is 0 Å². The van der Waals surface area contributed by atoms with Gasteiger partial charge in [0.1, 0.15) is 11.6 Å². The highest BCUT2D eigenvalue weighted by atomic mass is 16.5. The molecule has 0 radical (unpaired) electrons. The minimum atomic E-state index is -1.15. The fraction of sp³-hybridized carbons (Fsp3) is 0.516. The van der Waals surface area contributed by atoms with E-state index in [-0.39, 0.29) is 30.2 Å². The molecular formula is C31H39N3O5. The van der Waals surface area contributed by atoms with E-state index in [1.54, 1.807) is 4.90 Å². The Kier molecular flexibility index (Phi) is 7.53. The summed E-state index contributed by atoms with van der Waals surface area (Å²) in [5, 5.41) is 16.6. The molecule has 3 amide bonds. The van der Waals surface area contributed by atoms with E-state index in [4.69, 9.17) is 4.74 Å². The maximum Gasteiger partial charge on any atom is 0.245 e. The van der Waals surface area contributed by atoms with Crippen molar-refractivity contribution in [2.75, 3.05) is 18.5 Å². The fourth-order valence-corrected chi connectivity index (χ4v) is 7.13. The second-order valence-electron chi connectivity index (χ2n) is 11.5. The van der Waals surface area contributed by atoms with Crippen molar-refractivity contribution in [1.82, 2.24) is 10.2 Å². The number of nitrogens with zero attached hydrogens (tertiary/aromatic N) is 1. The number of nitrogens with one attached hydrogen (secondary N) is 2. The number of aliphatic hydroxyl groups is 1. The molecule has 2 aromatic rings. The molecule has 5 rings (SSSR count). The van der Waals surface area contributed by atoms with Gasteiger partial charge in [-0.15, -0.1) is 0 Å². The first-order valence-electron chi connectivity index (χ1n) is 14.1. The standard InChI is InChI=1S/C31H39N3O5/c1-4-5-16-32-28(37)26-31-18-20(2)30(3,39-31)24(27(36)33-22-14-10-7-11-15-22)25(31)29(38)34(26)23(19-35)17-21-12-8-6-9-13-21/h6-15,20,23-26,35H,4-5,16-19H2,1-3H3,(H,32,37)(H,33,36)/t20?,23-,24-,25+,26?,30+,31?/m1/s1. The molecule has 3 aliphatic rings. The lowest BCUT2D eigenvalue weighted by Crippen LogP contribution is -2.58. The fourth-order valence-electron chi connectivity index (χ4n) is 7.13. The number of anilines is 1. The van der Waals surface area contributed by atoms with Gasteiger partial charge in [-0.2, -0.15) is 0 Å². The zero-order chi connectivity index (χ0) is 27.8. The molecule has 8 nitrogen and oxygen atoms in total. The molecule has 3 unspecified atom stereocenters. The van der Waals surface area contributed by atoms with Crippen molar-refractivity contribution in [2.45, 2.75) is 69.7 Å². The molecule has 3 heterocycles. The first-order valence-corrected chi connectivity index (χ1v) is 14.1. The molecule has 0 aliphatic carbocycles. The number of rotatable bonds is 10. The minimum Gasteiger partial charge on any atom is -0.394 e. The van der Waals surface area contributed by atoms with Gasteiger partial charge in [-0.1, -0.05) is 68.8 Å². The molecule has 0 aromatic heterocycles. The number of carbonyl (C=O) groups excluding carboxylic acids is 3. The smallest absolute Gasteiger partial charge is 0.245 e. The van der Waals surface area contributed by atoms with Gasteiger partial charge in [0, 0.05) is 12.2 Å². The summed E-state index contributed by atoms with van der Waals surface area (Å²) in [6.07, 6.45) is 2.61. The quantitative estimate of drug-likeness (QED) is 0.407. The maximum atomic E-state index is 14.4. The zero-order valence-electron chi connectivity index (χ0n) is 22.9. The third-order valence-corrected chi connectivity index (χ3v) is 9.07. The summed E-state index contributed by atoms with van der Waals surface area (Å²) in [7, 11) is 0. The van der Waals surface area contributed by atoms with E-state index < -0.39 is 35.1 Å². The molecule has 3 N–H and O–H groups in total. The van der Waals surface area contributed by atoms with Crippen molar-refractivity contribution < 1.29 is 24.2 Å². The number of hydrogen-bond donors (Lipinski definition) is 3. The number of amides is 3. The maximum absolute atomic E-state index is 14.4. The van der Waals surface area contributed by atoms with Crippen LogP contribution in [0, 0.1) is 17.8 Å². The van der Waals surface area contributed by atoms with Crippen molar-refractivity contribution >= 4 is 23.4 Å². The van der Waals surface area contributed by atoms with Crippen molar-refractivity contribution in [2.24, 2.45) is 17.8 Å². The third kappa shape index (κ3) is 4.53. The van der Waals surface area contributed by atoms with Crippen LogP contribution in [0.2, 0.25) is 0 Å². The van der Waals surface area contributed by atoms with Crippen molar-refractivity contribution in [3.05, 3.63) is 66.2 Å². The van der Waals surface area contributed by atoms with Crippen LogP contribution in [0.15, 0.2) is 60.7 Å². The number of fused-ring (bicyclic) bond motifs is 1. The monoisotopic (exact) mass is 533 g/mol. The molecule has 39 heavy (non-hydrogen) atoms. The molecule has 208 valence electrons. The van der Waals surface area contributed by atoms with Crippen LogP contribution in [0.1, 0.15) is 45.6 Å². The highest BCUT2D eigenvalue weighted by molar-refractivity contribution is 6.02. The van der Waals surface area contributed by atoms with Gasteiger partial charge < -0.3 is 25.4 Å². The first kappa shape index (κ1) is 27.3. The second-order valence-corrected chi connectivity index (χ2v) is 11.5. The van der Waals surface area contributed by atoms with Gasteiger partial charge in [0.15, 0.2) is 0 Å². The Hall–Kier alpha value is -3.23. The number of aliphatic hydroxyl groups excluding tert-OH is 1. The first-order chi connectivity index (χ1) is 18.8. The summed E-state index contributed by atoms with van der Waals surface area (Å²) in [4.78, 5) is 43.7. The van der Waals surface area contributed by atoms with E-state index in [2.05, 4.69) is 10.6 Å². The molecule has 2 bridgehead atoms. The predicted octanol–water partition coefficient (Wildman–Crippen LogP) is 3.16. The van der Waals surface area contributed by atoms with E-state index in [9.17, 15) is 19.5 Å². The molecule has 3 fully saturated rings. The Bertz CT molecular complexity index is 1210. The summed E-state index contributed by atoms with van der Waals surface area (Å²) < 4.78 is 6.77. The third-order valence-electron chi connectivity index (χ3n) is 9.07. The normalized spacial score (nSPS) is 31.7. The molecule has 7 atom stereocenters. The second kappa shape index (κ2) is 10.7. The molecule has 0 saturated carbocycles. The summed E-state index contributed by atoms with van der Waals surface area (Å²) >= 11 is 0. The number of para-hydroxylation sites is 1. The molecule has 3 aliphatic heterocycles. The summed E-state index contributed by atoms with van der Waals surface area (Å²) in [6, 6.07) is 17.2. The number of benzene rings is 2. The number of likely N-dealkylation sites (tertiary alicyclic amines) is 1. The predicted molar refractivity (Wildman–Crippen MR) is 148 cm³/mol. The molecular weight excluding hydrogens is 494 g/mol. The van der Waals surface area contributed by atoms with E-state index >= 15 is 0 Å². The van der Waals surface area contributed by atoms with E-state index in [1.165, 1.54) is 0 Å². The summed E-state index contributed by atoms with van der Waals surface area (Å²) in [5.41, 5.74) is -0.455. The zero-order valence-corrected chi connectivity index (χ0v) is 22.9. The Morgan fingerprint density at radius 2 is 1.77 bits per heavy atom. The lowest BCUT2D eigenvalue weighted by Gasteiger charge is -2.37. The van der Waals surface area contributed by atoms with Crippen molar-refractivity contribution in [1.29, 1.82) is 0 Å². The Morgan fingerprint density at radius 1 is 1.10 bits per heavy atom. The van der Waals surface area contributed by atoms with Crippen LogP contribution in [-0.2, 0) is 25.5 Å². The Morgan fingerprint density at radius 3 is 2.41 bits per heavy atom. The van der Waals surface area contributed by atoms with E-state index in [0.717, 1.165) is 18.4 Å². The average molecular weight is 534 g/mol. The minimum absolute atomic E-state index is 0.0549. The molecule has 8 heteroatoms. The van der Waals surface area contributed by atoms with Gasteiger partial charge in [-0.05, 0) is 49.8 Å². The number of carbonyl (C=O) groups is 3. The molecule has 2 aromatic carbocycles. The highest BCUT2D eigenvalue weighted by Gasteiger charge is 2.80. The highest BCUT2D eigenvalue weighted by Crippen LogP contribution is 2.65. The van der Waals surface area contributed by atoms with Crippen molar-refractivity contribution in [3.63, 3.8) is 0 Å². The van der Waals surface area contributed by atoms with Gasteiger partial charge >= 0.3 is 0 Å².